The monoisotopic (exact) mass is 581 g/mol. The first-order valence-corrected chi connectivity index (χ1v) is 14.0. The van der Waals surface area contributed by atoms with E-state index in [0.29, 0.717) is 48.6 Å². The molecule has 2 aromatic heterocycles. The number of fused-ring (bicyclic) bond motifs is 1. The zero-order valence-corrected chi connectivity index (χ0v) is 23.7. The van der Waals surface area contributed by atoms with Gasteiger partial charge in [0.15, 0.2) is 4.80 Å². The number of methoxy groups -OCH3 is 1. The number of nitrogens with one attached hydrogen (secondary N) is 1. The quantitative estimate of drug-likeness (QED) is 0.275. The summed E-state index contributed by atoms with van der Waals surface area (Å²) in [5, 5.41) is 3.60. The molecule has 1 atom stereocenters. The molecule has 1 N–H and O–H groups in total. The third-order valence-corrected chi connectivity index (χ3v) is 7.97. The molecule has 0 spiro atoms. The molecule has 6 rings (SSSR count). The van der Waals surface area contributed by atoms with Crippen LogP contribution in [-0.4, -0.2) is 17.6 Å². The van der Waals surface area contributed by atoms with Gasteiger partial charge in [-0.2, -0.15) is 0 Å². The predicted octanol–water partition coefficient (Wildman–Crippen LogP) is 5.80. The van der Waals surface area contributed by atoms with Crippen LogP contribution in [0, 0.1) is 0 Å². The Morgan fingerprint density at radius 2 is 1.83 bits per heavy atom. The van der Waals surface area contributed by atoms with Crippen LogP contribution in [0.1, 0.15) is 24.3 Å². The highest BCUT2D eigenvalue weighted by Gasteiger charge is 2.32. The Labute approximate surface area is 244 Å². The Bertz CT molecular complexity index is 1970. The number of rotatable bonds is 6. The predicted molar refractivity (Wildman–Crippen MR) is 161 cm³/mol. The summed E-state index contributed by atoms with van der Waals surface area (Å²) in [5.41, 5.74) is 2.88. The van der Waals surface area contributed by atoms with Gasteiger partial charge in [0.2, 0.25) is 0 Å². The highest BCUT2D eigenvalue weighted by atomic mass is 35.5. The molecule has 0 saturated heterocycles. The molecule has 5 aromatic rings. The van der Waals surface area contributed by atoms with Crippen molar-refractivity contribution in [1.29, 1.82) is 0 Å². The van der Waals surface area contributed by atoms with E-state index in [4.69, 9.17) is 25.7 Å². The number of ether oxygens (including phenoxy) is 1. The molecule has 0 saturated carbocycles. The van der Waals surface area contributed by atoms with Crippen molar-refractivity contribution < 1.29 is 13.9 Å². The fourth-order valence-electron chi connectivity index (χ4n) is 4.79. The van der Waals surface area contributed by atoms with Crippen LogP contribution in [-0.2, 0) is 4.79 Å². The number of carbonyl (C=O) groups is 1. The lowest BCUT2D eigenvalue weighted by Gasteiger charge is -2.25. The van der Waals surface area contributed by atoms with Crippen LogP contribution in [0.5, 0.6) is 5.75 Å². The normalized spacial score (nSPS) is 14.9. The number of allylic oxidation sites excluding steroid dienone is 1. The van der Waals surface area contributed by atoms with Gasteiger partial charge in [0.05, 0.1) is 29.0 Å². The molecule has 0 fully saturated rings. The molecule has 41 heavy (non-hydrogen) atoms. The number of anilines is 1. The summed E-state index contributed by atoms with van der Waals surface area (Å²) in [4.78, 5) is 32.8. The number of amides is 1. The van der Waals surface area contributed by atoms with Crippen LogP contribution < -0.4 is 24.9 Å². The molecule has 7 nitrogen and oxygen atoms in total. The maximum atomic E-state index is 13.9. The smallest absolute Gasteiger partial charge is 0.271 e. The maximum Gasteiger partial charge on any atom is 0.271 e. The van der Waals surface area contributed by atoms with E-state index in [1.54, 1.807) is 36.8 Å². The van der Waals surface area contributed by atoms with Crippen LogP contribution in [0.4, 0.5) is 5.69 Å². The maximum absolute atomic E-state index is 13.9. The summed E-state index contributed by atoms with van der Waals surface area (Å²) in [7, 11) is 1.58. The van der Waals surface area contributed by atoms with Gasteiger partial charge in [-0.1, -0.05) is 53.3 Å². The van der Waals surface area contributed by atoms with Crippen molar-refractivity contribution in [2.45, 2.75) is 13.0 Å². The van der Waals surface area contributed by atoms with Crippen LogP contribution >= 0.6 is 22.9 Å². The van der Waals surface area contributed by atoms with E-state index in [0.717, 1.165) is 11.1 Å². The van der Waals surface area contributed by atoms with Gasteiger partial charge in [0.1, 0.15) is 17.3 Å². The van der Waals surface area contributed by atoms with Crippen molar-refractivity contribution in [3.05, 3.63) is 138 Å². The minimum atomic E-state index is -0.714. The molecule has 0 unspecified atom stereocenters. The Hall–Kier alpha value is -4.66. The van der Waals surface area contributed by atoms with Gasteiger partial charge in [-0.25, -0.2) is 4.99 Å². The number of aromatic nitrogens is 1. The Balaban J connectivity index is 1.46. The number of hydrogen-bond acceptors (Lipinski definition) is 6. The largest absolute Gasteiger partial charge is 0.497 e. The van der Waals surface area contributed by atoms with Crippen molar-refractivity contribution in [1.82, 2.24) is 4.57 Å². The SMILES string of the molecule is COc1cccc([C@H]2C(C(=O)Nc3ccccc3)=C(C)N=c3s/c(=C\c4ccc(-c5ccc(Cl)cc5)o4)c(=O)n32)c1. The first-order valence-electron chi connectivity index (χ1n) is 12.8. The molecular weight excluding hydrogens is 558 g/mol. The van der Waals surface area contributed by atoms with Crippen molar-refractivity contribution in [3.8, 4) is 17.1 Å². The number of nitrogens with zero attached hydrogens (tertiary/aromatic N) is 2. The fourth-order valence-corrected chi connectivity index (χ4v) is 5.94. The number of furan rings is 1. The second-order valence-corrected chi connectivity index (χ2v) is 10.8. The van der Waals surface area contributed by atoms with Gasteiger partial charge in [0, 0.05) is 22.3 Å². The standard InChI is InChI=1S/C32H24ClN3O4S/c1-19-28(30(37)35-23-8-4-3-5-9-23)29(21-7-6-10-24(17-21)39-2)36-31(38)27(41-32(36)34-19)18-25-15-16-26(40-25)20-11-13-22(33)14-12-20/h3-18,29H,1-2H3,(H,35,37)/b27-18-/t29-/m0/s1. The Kier molecular flexibility index (Phi) is 7.17. The van der Waals surface area contributed by atoms with Crippen LogP contribution in [0.25, 0.3) is 17.4 Å². The lowest BCUT2D eigenvalue weighted by molar-refractivity contribution is -0.113. The van der Waals surface area contributed by atoms with Gasteiger partial charge in [-0.15, -0.1) is 0 Å². The zero-order chi connectivity index (χ0) is 28.5. The Morgan fingerprint density at radius 3 is 2.59 bits per heavy atom. The highest BCUT2D eigenvalue weighted by Crippen LogP contribution is 2.32. The Morgan fingerprint density at radius 1 is 1.05 bits per heavy atom. The van der Waals surface area contributed by atoms with E-state index in [9.17, 15) is 9.59 Å². The molecule has 1 amide bonds. The van der Waals surface area contributed by atoms with Gasteiger partial charge < -0.3 is 14.5 Å². The van der Waals surface area contributed by atoms with Gasteiger partial charge in [-0.3, -0.25) is 14.2 Å². The molecular formula is C32H24ClN3O4S. The molecule has 3 heterocycles. The van der Waals surface area contributed by atoms with Crippen molar-refractivity contribution >= 4 is 40.6 Å². The first kappa shape index (κ1) is 26.6. The summed E-state index contributed by atoms with van der Waals surface area (Å²) in [6.45, 7) is 1.79. The summed E-state index contributed by atoms with van der Waals surface area (Å²) < 4.78 is 13.5. The summed E-state index contributed by atoms with van der Waals surface area (Å²) >= 11 is 7.26. The summed E-state index contributed by atoms with van der Waals surface area (Å²) in [6, 6.07) is 26.8. The minimum Gasteiger partial charge on any atom is -0.497 e. The molecule has 1 aliphatic heterocycles. The number of hydrogen-bond donors (Lipinski definition) is 1. The summed E-state index contributed by atoms with van der Waals surface area (Å²) in [5.74, 6) is 1.46. The first-order chi connectivity index (χ1) is 19.9. The number of para-hydroxylation sites is 1. The zero-order valence-electron chi connectivity index (χ0n) is 22.1. The third kappa shape index (κ3) is 5.27. The molecule has 204 valence electrons. The number of thiazole rings is 1. The van der Waals surface area contributed by atoms with Gasteiger partial charge in [0.25, 0.3) is 11.5 Å². The van der Waals surface area contributed by atoms with Gasteiger partial charge in [-0.05, 0) is 73.2 Å². The molecule has 1 aliphatic rings. The number of benzene rings is 3. The summed E-state index contributed by atoms with van der Waals surface area (Å²) in [6.07, 6.45) is 1.70. The second kappa shape index (κ2) is 11.1. The van der Waals surface area contributed by atoms with E-state index < -0.39 is 6.04 Å². The van der Waals surface area contributed by atoms with Crippen LogP contribution in [0.3, 0.4) is 0 Å². The average molecular weight is 582 g/mol. The van der Waals surface area contributed by atoms with Gasteiger partial charge >= 0.3 is 0 Å². The molecule has 0 radical (unpaired) electrons. The lowest BCUT2D eigenvalue weighted by Crippen LogP contribution is -2.40. The minimum absolute atomic E-state index is 0.275. The average Bonchev–Trinajstić information content (AvgIpc) is 3.57. The second-order valence-electron chi connectivity index (χ2n) is 9.39. The topological polar surface area (TPSA) is 85.8 Å². The van der Waals surface area contributed by atoms with E-state index >= 15 is 0 Å². The van der Waals surface area contributed by atoms with E-state index in [2.05, 4.69) is 5.32 Å². The molecule has 9 heteroatoms. The fraction of sp³-hybridized carbons (Fsp3) is 0.0938. The van der Waals surface area contributed by atoms with E-state index in [1.807, 2.05) is 78.9 Å². The number of carbonyl (C=O) groups excluding carboxylic acids is 1. The van der Waals surface area contributed by atoms with Crippen LogP contribution in [0.2, 0.25) is 5.02 Å². The molecule has 0 bridgehead atoms. The lowest BCUT2D eigenvalue weighted by atomic mass is 9.95. The number of halogens is 1. The van der Waals surface area contributed by atoms with E-state index in [-0.39, 0.29) is 11.5 Å². The molecule has 3 aromatic carbocycles. The van der Waals surface area contributed by atoms with Crippen molar-refractivity contribution in [2.24, 2.45) is 4.99 Å². The van der Waals surface area contributed by atoms with Crippen molar-refractivity contribution in [2.75, 3.05) is 12.4 Å². The van der Waals surface area contributed by atoms with Crippen LogP contribution in [0.15, 0.2) is 116 Å². The molecule has 0 aliphatic carbocycles. The van der Waals surface area contributed by atoms with E-state index in [1.165, 1.54) is 11.3 Å². The third-order valence-electron chi connectivity index (χ3n) is 6.74. The van der Waals surface area contributed by atoms with Crippen molar-refractivity contribution in [3.63, 3.8) is 0 Å². The highest BCUT2D eigenvalue weighted by molar-refractivity contribution is 7.07.